The van der Waals surface area contributed by atoms with E-state index in [0.717, 1.165) is 24.3 Å². The van der Waals surface area contributed by atoms with Crippen LogP contribution in [0.1, 0.15) is 48.6 Å². The average molecular weight is 439 g/mol. The minimum absolute atomic E-state index is 0.188. The molecule has 0 saturated heterocycles. The van der Waals surface area contributed by atoms with E-state index in [1.165, 1.54) is 34.7 Å². The highest BCUT2D eigenvalue weighted by Gasteiger charge is 2.26. The van der Waals surface area contributed by atoms with Gasteiger partial charge in [0.15, 0.2) is 0 Å². The molecule has 0 aliphatic carbocycles. The quantitative estimate of drug-likeness (QED) is 0.280. The molecule has 30 heavy (non-hydrogen) atoms. The maximum atomic E-state index is 5.92. The Balaban J connectivity index is 1.41. The van der Waals surface area contributed by atoms with Crippen molar-refractivity contribution < 1.29 is 8.83 Å². The van der Waals surface area contributed by atoms with Crippen LogP contribution in [0, 0.1) is 0 Å². The van der Waals surface area contributed by atoms with E-state index in [1.54, 1.807) is 0 Å². The summed E-state index contributed by atoms with van der Waals surface area (Å²) < 4.78 is 11.8. The van der Waals surface area contributed by atoms with Crippen LogP contribution in [0.3, 0.4) is 0 Å². The zero-order valence-electron chi connectivity index (χ0n) is 16.6. The van der Waals surface area contributed by atoms with E-state index in [9.17, 15) is 0 Å². The fourth-order valence-corrected chi connectivity index (χ4v) is 4.37. The molecule has 8 heteroatoms. The summed E-state index contributed by atoms with van der Waals surface area (Å²) in [5.41, 5.74) is 2.42. The molecule has 2 aromatic carbocycles. The number of rotatable bonds is 10. The van der Waals surface area contributed by atoms with Crippen LogP contribution in [0.2, 0.25) is 0 Å². The maximum absolute atomic E-state index is 5.92. The summed E-state index contributed by atoms with van der Waals surface area (Å²) in [5.74, 6) is 2.42. The molecule has 0 spiro atoms. The van der Waals surface area contributed by atoms with Gasteiger partial charge in [-0.05, 0) is 17.5 Å². The second kappa shape index (κ2) is 10.4. The summed E-state index contributed by atoms with van der Waals surface area (Å²) in [6.45, 7) is 2.11. The van der Waals surface area contributed by atoms with Crippen molar-refractivity contribution >= 4 is 23.5 Å². The third kappa shape index (κ3) is 5.52. The smallest absolute Gasteiger partial charge is 0.276 e. The Bertz CT molecular complexity index is 956. The molecule has 154 valence electrons. The highest BCUT2D eigenvalue weighted by Crippen LogP contribution is 2.32. The zero-order chi connectivity index (χ0) is 20.6. The molecule has 0 aliphatic rings. The van der Waals surface area contributed by atoms with Gasteiger partial charge in [0.05, 0.1) is 0 Å². The predicted octanol–water partition coefficient (Wildman–Crippen LogP) is 5.97. The van der Waals surface area contributed by atoms with Crippen molar-refractivity contribution in [3.8, 4) is 0 Å². The molecule has 0 atom stereocenters. The van der Waals surface area contributed by atoms with E-state index in [4.69, 9.17) is 8.83 Å². The number of thioether (sulfide) groups is 2. The van der Waals surface area contributed by atoms with Crippen LogP contribution >= 0.6 is 23.5 Å². The number of nitrogens with zero attached hydrogens (tertiary/aromatic N) is 4. The molecule has 4 aromatic rings. The highest BCUT2D eigenvalue weighted by molar-refractivity contribution is 7.98. The molecule has 0 amide bonds. The van der Waals surface area contributed by atoms with Crippen molar-refractivity contribution in [1.82, 2.24) is 20.4 Å². The van der Waals surface area contributed by atoms with Crippen LogP contribution in [0.4, 0.5) is 0 Å². The van der Waals surface area contributed by atoms with Gasteiger partial charge in [0.1, 0.15) is 5.92 Å². The Morgan fingerprint density at radius 2 is 1.17 bits per heavy atom. The molecule has 6 nitrogen and oxygen atoms in total. The topological polar surface area (TPSA) is 77.8 Å². The van der Waals surface area contributed by atoms with Gasteiger partial charge < -0.3 is 8.83 Å². The second-order valence-electron chi connectivity index (χ2n) is 6.70. The number of hydrogen-bond donors (Lipinski definition) is 0. The normalized spacial score (nSPS) is 11.3. The highest BCUT2D eigenvalue weighted by atomic mass is 32.2. The van der Waals surface area contributed by atoms with Gasteiger partial charge in [-0.25, -0.2) is 0 Å². The van der Waals surface area contributed by atoms with Crippen molar-refractivity contribution in [3.63, 3.8) is 0 Å². The van der Waals surface area contributed by atoms with Gasteiger partial charge in [0.2, 0.25) is 11.8 Å². The van der Waals surface area contributed by atoms with Crippen LogP contribution in [0.5, 0.6) is 0 Å². The molecule has 4 rings (SSSR count). The molecule has 0 bridgehead atoms. The lowest BCUT2D eigenvalue weighted by Crippen LogP contribution is -2.02. The van der Waals surface area contributed by atoms with Crippen molar-refractivity contribution in [1.29, 1.82) is 0 Å². The first-order valence-corrected chi connectivity index (χ1v) is 11.8. The lowest BCUT2D eigenvalue weighted by atomic mass is 10.0. The minimum atomic E-state index is -0.188. The molecule has 0 aliphatic heterocycles. The predicted molar refractivity (Wildman–Crippen MR) is 117 cm³/mol. The fraction of sp³-hybridized carbons (Fsp3) is 0.273. The average Bonchev–Trinajstić information content (AvgIpc) is 3.46. The summed E-state index contributed by atoms with van der Waals surface area (Å²) in [7, 11) is 0. The molecular formula is C22H22N4O2S2. The van der Waals surface area contributed by atoms with Crippen LogP contribution in [-0.4, -0.2) is 20.4 Å². The monoisotopic (exact) mass is 438 g/mol. The molecule has 0 fully saturated rings. The second-order valence-corrected chi connectivity index (χ2v) is 8.56. The Kier molecular flexibility index (Phi) is 7.20. The lowest BCUT2D eigenvalue weighted by molar-refractivity contribution is 0.339. The minimum Gasteiger partial charge on any atom is -0.415 e. The van der Waals surface area contributed by atoms with Crippen molar-refractivity contribution in [3.05, 3.63) is 83.6 Å². The first kappa shape index (κ1) is 20.7. The van der Waals surface area contributed by atoms with E-state index < -0.39 is 0 Å². The Morgan fingerprint density at radius 3 is 1.60 bits per heavy atom. The summed E-state index contributed by atoms with van der Waals surface area (Å²) in [6.07, 6.45) is 1.74. The number of hydrogen-bond acceptors (Lipinski definition) is 8. The molecule has 0 unspecified atom stereocenters. The lowest BCUT2D eigenvalue weighted by Gasteiger charge is -2.06. The van der Waals surface area contributed by atoms with Crippen molar-refractivity contribution in [2.75, 3.05) is 0 Å². The zero-order valence-corrected chi connectivity index (χ0v) is 18.2. The van der Waals surface area contributed by atoms with Gasteiger partial charge in [-0.2, -0.15) is 0 Å². The van der Waals surface area contributed by atoms with E-state index in [2.05, 4.69) is 51.6 Å². The van der Waals surface area contributed by atoms with E-state index >= 15 is 0 Å². The van der Waals surface area contributed by atoms with Crippen LogP contribution in [0.15, 0.2) is 79.9 Å². The number of benzene rings is 2. The van der Waals surface area contributed by atoms with Gasteiger partial charge in [0, 0.05) is 11.5 Å². The SMILES string of the molecule is CCCC(c1nnc(SCc2ccccc2)o1)c1nnc(SCc2ccccc2)o1. The van der Waals surface area contributed by atoms with Crippen LogP contribution in [0.25, 0.3) is 0 Å². The summed E-state index contributed by atoms with van der Waals surface area (Å²) in [4.78, 5) is 0. The van der Waals surface area contributed by atoms with Crippen molar-refractivity contribution in [2.24, 2.45) is 0 Å². The van der Waals surface area contributed by atoms with E-state index in [-0.39, 0.29) is 5.92 Å². The van der Waals surface area contributed by atoms with Gasteiger partial charge in [0.25, 0.3) is 10.4 Å². The van der Waals surface area contributed by atoms with Gasteiger partial charge in [-0.3, -0.25) is 0 Å². The summed E-state index contributed by atoms with van der Waals surface area (Å²) >= 11 is 3.05. The van der Waals surface area contributed by atoms with E-state index in [1.807, 2.05) is 36.4 Å². The first-order valence-electron chi connectivity index (χ1n) is 9.82. The van der Waals surface area contributed by atoms with Gasteiger partial charge in [-0.1, -0.05) is 97.5 Å². The number of aromatic nitrogens is 4. The van der Waals surface area contributed by atoms with Crippen LogP contribution < -0.4 is 0 Å². The van der Waals surface area contributed by atoms with Crippen LogP contribution in [-0.2, 0) is 11.5 Å². The first-order chi connectivity index (χ1) is 14.8. The van der Waals surface area contributed by atoms with E-state index in [0.29, 0.717) is 22.2 Å². The largest absolute Gasteiger partial charge is 0.415 e. The third-order valence-corrected chi connectivity index (χ3v) is 6.21. The molecule has 0 N–H and O–H groups in total. The third-order valence-electron chi connectivity index (χ3n) is 4.43. The molecule has 0 saturated carbocycles. The standard InChI is InChI=1S/C22H22N4O2S2/c1-2-9-18(19-23-25-21(27-19)29-14-16-10-5-3-6-11-16)20-24-26-22(28-20)30-15-17-12-7-4-8-13-17/h3-8,10-13,18H,2,9,14-15H2,1H3. The molecule has 0 radical (unpaired) electrons. The maximum Gasteiger partial charge on any atom is 0.276 e. The Hall–Kier alpha value is -2.58. The summed E-state index contributed by atoms with van der Waals surface area (Å²) in [6, 6.07) is 20.4. The molecular weight excluding hydrogens is 416 g/mol. The Morgan fingerprint density at radius 1 is 0.700 bits per heavy atom. The van der Waals surface area contributed by atoms with Crippen molar-refractivity contribution in [2.45, 2.75) is 47.6 Å². The van der Waals surface area contributed by atoms with Gasteiger partial charge in [-0.15, -0.1) is 20.4 Å². The Labute approximate surface area is 183 Å². The molecule has 2 heterocycles. The fourth-order valence-electron chi connectivity index (χ4n) is 2.92. The molecule has 2 aromatic heterocycles. The van der Waals surface area contributed by atoms with Gasteiger partial charge >= 0.3 is 0 Å². The summed E-state index contributed by atoms with van der Waals surface area (Å²) in [5, 5.41) is 18.0.